The summed E-state index contributed by atoms with van der Waals surface area (Å²) in [6, 6.07) is 17.4. The average Bonchev–Trinajstić information content (AvgIpc) is 2.91. The Balaban J connectivity index is -0.000000312. The first kappa shape index (κ1) is 24.9. The number of halogens is 5. The van der Waals surface area contributed by atoms with Gasteiger partial charge in [0.25, 0.3) is 0 Å². The Labute approximate surface area is 149 Å². The molecule has 0 heterocycles. The van der Waals surface area contributed by atoms with Gasteiger partial charge in [0.05, 0.1) is 0 Å². The molecule has 2 aromatic carbocycles. The minimum Gasteiger partial charge on any atom is -1.00 e. The first-order valence-electron chi connectivity index (χ1n) is 5.52. The predicted molar refractivity (Wildman–Crippen MR) is 63.1 cm³/mol. The van der Waals surface area contributed by atoms with Crippen molar-refractivity contribution in [3.05, 3.63) is 60.2 Å². The Morgan fingerprint density at radius 1 is 0.950 bits per heavy atom. The summed E-state index contributed by atoms with van der Waals surface area (Å²) in [6.07, 6.45) is -3.98. The zero-order chi connectivity index (χ0) is 12.6. The molecule has 0 atom stereocenters. The molecule has 0 radical (unpaired) electrons. The van der Waals surface area contributed by atoms with Gasteiger partial charge in [-0.2, -0.15) is 55.1 Å². The minimum atomic E-state index is -4.01. The smallest absolute Gasteiger partial charge is 1.00 e. The van der Waals surface area contributed by atoms with Crippen molar-refractivity contribution in [1.82, 2.24) is 0 Å². The molecule has 0 saturated carbocycles. The second-order valence-corrected chi connectivity index (χ2v) is 3.72. The fourth-order valence-corrected chi connectivity index (χ4v) is 1.39. The van der Waals surface area contributed by atoms with Gasteiger partial charge in [-0.05, 0) is 0 Å². The fraction of sp³-hybridized carbons (Fsp3) is 0.286. The predicted octanol–water partition coefficient (Wildman–Crippen LogP) is -1.30. The van der Waals surface area contributed by atoms with Gasteiger partial charge in [0.2, 0.25) is 0 Å². The Hall–Kier alpha value is -0.0469. The van der Waals surface area contributed by atoms with Crippen molar-refractivity contribution in [3.63, 3.8) is 0 Å². The monoisotopic (exact) mass is 400 g/mol. The molecule has 110 valence electrons. The van der Waals surface area contributed by atoms with Crippen LogP contribution in [-0.4, -0.2) is 6.18 Å². The molecular formula is C14H15Cl2F3Zr. The molecule has 0 amide bonds. The average molecular weight is 402 g/mol. The first-order valence-corrected chi connectivity index (χ1v) is 5.52. The van der Waals surface area contributed by atoms with Crippen LogP contribution < -0.4 is 24.8 Å². The van der Waals surface area contributed by atoms with E-state index in [2.05, 4.69) is 0 Å². The van der Waals surface area contributed by atoms with E-state index in [-0.39, 0.29) is 57.4 Å². The Morgan fingerprint density at radius 3 is 1.90 bits per heavy atom. The van der Waals surface area contributed by atoms with Crippen molar-refractivity contribution in [3.8, 4) is 0 Å². The molecular weight excluding hydrogens is 387 g/mol. The summed E-state index contributed by atoms with van der Waals surface area (Å²) < 4.78 is 35.1. The number of rotatable bonds is 3. The molecule has 0 aliphatic carbocycles. The third-order valence-corrected chi connectivity index (χ3v) is 2.21. The molecule has 0 saturated heterocycles. The van der Waals surface area contributed by atoms with E-state index in [1.807, 2.05) is 54.6 Å². The molecule has 0 aromatic heterocycles. The SMILES string of the molecule is FC(F)(F)CCCc1cc[cH-]c1.[Cl-].[Cl-].[Zr+4].c1cc[cH-]c1. The molecule has 2 aromatic rings. The molecule has 0 fully saturated rings. The minimum absolute atomic E-state index is 0. The second kappa shape index (κ2) is 13.9. The van der Waals surface area contributed by atoms with Crippen LogP contribution in [0.1, 0.15) is 18.4 Å². The van der Waals surface area contributed by atoms with Crippen LogP contribution in [0.5, 0.6) is 0 Å². The molecule has 0 aliphatic rings. The summed E-state index contributed by atoms with van der Waals surface area (Å²) in [6.45, 7) is 0. The second-order valence-electron chi connectivity index (χ2n) is 3.72. The number of aryl methyl sites for hydroxylation is 1. The number of hydrogen-bond acceptors (Lipinski definition) is 0. The van der Waals surface area contributed by atoms with E-state index in [0.29, 0.717) is 6.42 Å². The Bertz CT molecular complexity index is 352. The zero-order valence-corrected chi connectivity index (χ0v) is 14.7. The van der Waals surface area contributed by atoms with Crippen molar-refractivity contribution in [1.29, 1.82) is 0 Å². The third-order valence-electron chi connectivity index (χ3n) is 2.21. The van der Waals surface area contributed by atoms with Gasteiger partial charge in [0, 0.05) is 6.42 Å². The quantitative estimate of drug-likeness (QED) is 0.561. The maximum atomic E-state index is 11.7. The van der Waals surface area contributed by atoms with Crippen molar-refractivity contribution in [2.24, 2.45) is 0 Å². The normalized spacial score (nSPS) is 9.15. The van der Waals surface area contributed by atoms with Crippen LogP contribution >= 0.6 is 0 Å². The molecule has 2 rings (SSSR count). The molecule has 0 bridgehead atoms. The fourth-order valence-electron chi connectivity index (χ4n) is 1.39. The van der Waals surface area contributed by atoms with Crippen LogP contribution in [0.2, 0.25) is 0 Å². The van der Waals surface area contributed by atoms with E-state index in [0.717, 1.165) is 5.56 Å². The van der Waals surface area contributed by atoms with Gasteiger partial charge in [0.15, 0.2) is 0 Å². The van der Waals surface area contributed by atoms with Gasteiger partial charge >= 0.3 is 32.4 Å². The molecule has 0 unspecified atom stereocenters. The largest absolute Gasteiger partial charge is 4.00 e. The summed E-state index contributed by atoms with van der Waals surface area (Å²) in [5.41, 5.74) is 0.985. The van der Waals surface area contributed by atoms with E-state index in [4.69, 9.17) is 0 Å². The van der Waals surface area contributed by atoms with Crippen LogP contribution in [-0.2, 0) is 32.6 Å². The molecule has 6 heteroatoms. The van der Waals surface area contributed by atoms with E-state index >= 15 is 0 Å². The maximum absolute atomic E-state index is 11.7. The molecule has 0 nitrogen and oxygen atoms in total. The van der Waals surface area contributed by atoms with Crippen molar-refractivity contribution in [2.75, 3.05) is 0 Å². The zero-order valence-electron chi connectivity index (χ0n) is 10.7. The van der Waals surface area contributed by atoms with Crippen LogP contribution in [0.15, 0.2) is 54.6 Å². The molecule has 0 N–H and O–H groups in total. The van der Waals surface area contributed by atoms with E-state index in [1.54, 1.807) is 0 Å². The van der Waals surface area contributed by atoms with E-state index in [9.17, 15) is 13.2 Å². The van der Waals surface area contributed by atoms with Gasteiger partial charge in [-0.1, -0.05) is 12.8 Å². The maximum Gasteiger partial charge on any atom is 4.00 e. The topological polar surface area (TPSA) is 0 Å². The number of hydrogen-bond donors (Lipinski definition) is 0. The van der Waals surface area contributed by atoms with Crippen molar-refractivity contribution in [2.45, 2.75) is 25.4 Å². The van der Waals surface area contributed by atoms with Gasteiger partial charge < -0.3 is 24.8 Å². The van der Waals surface area contributed by atoms with Crippen LogP contribution in [0.3, 0.4) is 0 Å². The summed E-state index contributed by atoms with van der Waals surface area (Å²) in [5, 5.41) is 0. The van der Waals surface area contributed by atoms with Crippen LogP contribution in [0.4, 0.5) is 13.2 Å². The van der Waals surface area contributed by atoms with E-state index < -0.39 is 12.6 Å². The standard InChI is InChI=1S/C9H10F3.C5H5.2ClH.Zr/c10-9(11,12)7-3-6-8-4-1-2-5-8;1-2-4-5-3-1;;;/h1-2,4-5H,3,6-7H2;1-5H;2*1H;/q2*-1;;;+4/p-2. The first-order chi connectivity index (χ1) is 8.08. The van der Waals surface area contributed by atoms with E-state index in [1.165, 1.54) is 0 Å². The Morgan fingerprint density at radius 2 is 1.55 bits per heavy atom. The molecule has 0 aliphatic heterocycles. The summed E-state index contributed by atoms with van der Waals surface area (Å²) in [4.78, 5) is 0. The van der Waals surface area contributed by atoms with Crippen LogP contribution in [0.25, 0.3) is 0 Å². The molecule has 20 heavy (non-hydrogen) atoms. The van der Waals surface area contributed by atoms with Gasteiger partial charge in [-0.15, -0.1) is 0 Å². The summed E-state index contributed by atoms with van der Waals surface area (Å²) in [5.74, 6) is 0. The van der Waals surface area contributed by atoms with Crippen LogP contribution in [0, 0.1) is 0 Å². The summed E-state index contributed by atoms with van der Waals surface area (Å²) >= 11 is 0. The van der Waals surface area contributed by atoms with Gasteiger partial charge in [-0.3, -0.25) is 0 Å². The van der Waals surface area contributed by atoms with Crippen molar-refractivity contribution >= 4 is 0 Å². The number of alkyl halides is 3. The Kier molecular flexibility index (Phi) is 17.4. The summed E-state index contributed by atoms with van der Waals surface area (Å²) in [7, 11) is 0. The van der Waals surface area contributed by atoms with Gasteiger partial charge in [0.1, 0.15) is 0 Å². The third kappa shape index (κ3) is 14.4. The molecule has 0 spiro atoms. The van der Waals surface area contributed by atoms with Crippen molar-refractivity contribution < 1.29 is 64.2 Å². The van der Waals surface area contributed by atoms with Gasteiger partial charge in [-0.25, -0.2) is 18.2 Å².